The maximum absolute atomic E-state index is 12.9. The van der Waals surface area contributed by atoms with Crippen LogP contribution in [0.1, 0.15) is 240 Å². The molecule has 0 spiro atoms. The summed E-state index contributed by atoms with van der Waals surface area (Å²) in [6.45, 7) is 4.57. The first kappa shape index (κ1) is 40.4. The third-order valence-electron chi connectivity index (χ3n) is 9.28. The SMILES string of the molecule is CCCCCCCCCCCCCCCCCC(=O)c1c[se]cc1C(=O)CCCCCCCCCCCCCCCCC. The zero-order valence-electron chi connectivity index (χ0n) is 29.0. The van der Waals surface area contributed by atoms with Crippen LogP contribution in [0, 0.1) is 0 Å². The first-order chi connectivity index (χ1) is 21.2. The van der Waals surface area contributed by atoms with E-state index in [2.05, 4.69) is 23.7 Å². The van der Waals surface area contributed by atoms with Gasteiger partial charge in [0.1, 0.15) is 0 Å². The molecule has 0 saturated heterocycles. The molecule has 0 unspecified atom stereocenters. The first-order valence-corrected chi connectivity index (χ1v) is 21.3. The van der Waals surface area contributed by atoms with Crippen molar-refractivity contribution in [2.75, 3.05) is 0 Å². The number of unbranched alkanes of at least 4 members (excludes halogenated alkanes) is 28. The second kappa shape index (κ2) is 31.3. The van der Waals surface area contributed by atoms with Crippen LogP contribution in [0.2, 0.25) is 0 Å². The Morgan fingerprint density at radius 2 is 0.581 bits per heavy atom. The van der Waals surface area contributed by atoms with E-state index in [1.54, 1.807) is 0 Å². The van der Waals surface area contributed by atoms with Gasteiger partial charge >= 0.3 is 172 Å². The van der Waals surface area contributed by atoms with Gasteiger partial charge in [0.25, 0.3) is 0 Å². The van der Waals surface area contributed by atoms with Gasteiger partial charge in [-0.3, -0.25) is 0 Å². The molecule has 0 fully saturated rings. The van der Waals surface area contributed by atoms with Gasteiger partial charge in [-0.1, -0.05) is 104 Å². The Morgan fingerprint density at radius 1 is 0.372 bits per heavy atom. The molecule has 2 nitrogen and oxygen atoms in total. The van der Waals surface area contributed by atoms with E-state index in [4.69, 9.17) is 0 Å². The molecule has 1 aromatic heterocycles. The molecule has 0 atom stereocenters. The molecule has 0 aliphatic heterocycles. The van der Waals surface area contributed by atoms with Gasteiger partial charge in [0.05, 0.1) is 0 Å². The molecule has 0 amide bonds. The molecule has 0 saturated carbocycles. The molecular formula is C40H72O2Se. The zero-order valence-corrected chi connectivity index (χ0v) is 30.7. The van der Waals surface area contributed by atoms with E-state index in [1.165, 1.54) is 167 Å². The van der Waals surface area contributed by atoms with Gasteiger partial charge in [-0.2, -0.15) is 0 Å². The summed E-state index contributed by atoms with van der Waals surface area (Å²) >= 11 is 0.181. The van der Waals surface area contributed by atoms with Gasteiger partial charge in [0.2, 0.25) is 0 Å². The van der Waals surface area contributed by atoms with E-state index in [-0.39, 0.29) is 26.1 Å². The fourth-order valence-electron chi connectivity index (χ4n) is 6.31. The van der Waals surface area contributed by atoms with Crippen LogP contribution < -0.4 is 0 Å². The molecule has 1 heterocycles. The Labute approximate surface area is 275 Å². The molecule has 3 heteroatoms. The number of ketones is 2. The number of carbonyl (C=O) groups excluding carboxylic acids is 2. The number of Topliss-reactive ketones (excluding diaryl/α,β-unsaturated/α-hetero) is 2. The Balaban J connectivity index is 1.97. The molecule has 0 aliphatic carbocycles. The molecule has 43 heavy (non-hydrogen) atoms. The van der Waals surface area contributed by atoms with Gasteiger partial charge in [0, 0.05) is 0 Å². The second-order valence-corrected chi connectivity index (χ2v) is 15.0. The fraction of sp³-hybridized carbons (Fsp3) is 0.850. The predicted octanol–water partition coefficient (Wildman–Crippen LogP) is 13.6. The van der Waals surface area contributed by atoms with Crippen LogP contribution in [-0.4, -0.2) is 26.1 Å². The van der Waals surface area contributed by atoms with E-state index >= 15 is 0 Å². The number of rotatable bonds is 34. The molecule has 1 aromatic rings. The summed E-state index contributed by atoms with van der Waals surface area (Å²) in [5, 5.41) is 0. The van der Waals surface area contributed by atoms with Crippen LogP contribution in [0.15, 0.2) is 9.88 Å². The Kier molecular flexibility index (Phi) is 29.4. The molecule has 0 N–H and O–H groups in total. The summed E-state index contributed by atoms with van der Waals surface area (Å²) in [6, 6.07) is 0. The van der Waals surface area contributed by atoms with Gasteiger partial charge in [-0.25, -0.2) is 0 Å². The minimum absolute atomic E-state index is 0.181. The number of hydrogen-bond acceptors (Lipinski definition) is 2. The molecular weight excluding hydrogens is 591 g/mol. The number of carbonyl (C=O) groups is 2. The molecule has 0 aromatic carbocycles. The summed E-state index contributed by atoms with van der Waals surface area (Å²) in [5.41, 5.74) is 1.52. The van der Waals surface area contributed by atoms with Crippen molar-refractivity contribution < 1.29 is 9.59 Å². The van der Waals surface area contributed by atoms with Crippen LogP contribution >= 0.6 is 0 Å². The van der Waals surface area contributed by atoms with Crippen molar-refractivity contribution in [1.29, 1.82) is 0 Å². The van der Waals surface area contributed by atoms with Crippen molar-refractivity contribution in [3.05, 3.63) is 21.0 Å². The molecule has 250 valence electrons. The van der Waals surface area contributed by atoms with Crippen molar-refractivity contribution in [3.63, 3.8) is 0 Å². The predicted molar refractivity (Wildman–Crippen MR) is 191 cm³/mol. The molecule has 0 bridgehead atoms. The smallest absolute Gasteiger partial charge is 0.0654 e. The normalized spacial score (nSPS) is 11.4. The van der Waals surface area contributed by atoms with E-state index in [1.807, 2.05) is 0 Å². The molecule has 0 aliphatic rings. The van der Waals surface area contributed by atoms with Crippen molar-refractivity contribution in [3.8, 4) is 0 Å². The van der Waals surface area contributed by atoms with Gasteiger partial charge in [0.15, 0.2) is 0 Å². The van der Waals surface area contributed by atoms with Crippen LogP contribution in [-0.2, 0) is 0 Å². The van der Waals surface area contributed by atoms with E-state index in [0.29, 0.717) is 12.8 Å². The van der Waals surface area contributed by atoms with Gasteiger partial charge in [-0.15, -0.1) is 0 Å². The average molecular weight is 664 g/mol. The van der Waals surface area contributed by atoms with Crippen molar-refractivity contribution in [2.45, 2.75) is 219 Å². The van der Waals surface area contributed by atoms with Crippen LogP contribution in [0.25, 0.3) is 0 Å². The Hall–Kier alpha value is -0.661. The van der Waals surface area contributed by atoms with Crippen molar-refractivity contribution in [2.24, 2.45) is 0 Å². The van der Waals surface area contributed by atoms with Crippen LogP contribution in [0.4, 0.5) is 0 Å². The standard InChI is InChI=1S/C40H72O2Se/c1-3-5-7-9-11-13-15-17-19-21-23-25-27-29-31-33-39(41)37-35-43-36-38(37)40(42)34-32-30-28-26-24-22-20-18-16-14-12-10-8-6-4-2/h35-36H,3-34H2,1-2H3. The topological polar surface area (TPSA) is 34.1 Å². The van der Waals surface area contributed by atoms with Gasteiger partial charge < -0.3 is 0 Å². The molecule has 0 radical (unpaired) electrons. The average Bonchev–Trinajstić information content (AvgIpc) is 3.51. The first-order valence-electron chi connectivity index (χ1n) is 19.3. The fourth-order valence-corrected chi connectivity index (χ4v) is 8.11. The minimum atomic E-state index is 0.181. The number of hydrogen-bond donors (Lipinski definition) is 0. The van der Waals surface area contributed by atoms with Gasteiger partial charge in [-0.05, 0) is 0 Å². The second-order valence-electron chi connectivity index (χ2n) is 13.4. The summed E-state index contributed by atoms with van der Waals surface area (Å²) < 4.78 is 0. The molecule has 1 rings (SSSR count). The van der Waals surface area contributed by atoms with E-state index < -0.39 is 0 Å². The third kappa shape index (κ3) is 24.3. The minimum Gasteiger partial charge on any atom is -0.0654 e. The monoisotopic (exact) mass is 664 g/mol. The van der Waals surface area contributed by atoms with Crippen molar-refractivity contribution >= 4 is 26.1 Å². The summed E-state index contributed by atoms with van der Waals surface area (Å²) in [6.07, 6.45) is 41.4. The summed E-state index contributed by atoms with van der Waals surface area (Å²) in [5.74, 6) is 0.426. The van der Waals surface area contributed by atoms with Crippen LogP contribution in [0.3, 0.4) is 0 Å². The van der Waals surface area contributed by atoms with Crippen molar-refractivity contribution in [1.82, 2.24) is 0 Å². The Bertz CT molecular complexity index is 691. The van der Waals surface area contributed by atoms with E-state index in [0.717, 1.165) is 36.8 Å². The maximum atomic E-state index is 12.9. The van der Waals surface area contributed by atoms with Crippen LogP contribution in [0.5, 0.6) is 0 Å². The summed E-state index contributed by atoms with van der Waals surface area (Å²) in [7, 11) is 0. The van der Waals surface area contributed by atoms with E-state index in [9.17, 15) is 9.59 Å². The summed E-state index contributed by atoms with van der Waals surface area (Å²) in [4.78, 5) is 29.8. The zero-order chi connectivity index (χ0) is 31.1. The third-order valence-corrected chi connectivity index (χ3v) is 10.8. The Morgan fingerprint density at radius 3 is 0.814 bits per heavy atom. The quantitative estimate of drug-likeness (QED) is 0.0418.